The van der Waals surface area contributed by atoms with Crippen LogP contribution in [0.5, 0.6) is 0 Å². The Bertz CT molecular complexity index is 599. The summed E-state index contributed by atoms with van der Waals surface area (Å²) in [6, 6.07) is 6.66. The Morgan fingerprint density at radius 2 is 2.32 bits per heavy atom. The number of rotatable bonds is 4. The number of nitrogens with one attached hydrogen (secondary N) is 2. The van der Waals surface area contributed by atoms with Gasteiger partial charge in [0, 0.05) is 6.54 Å². The van der Waals surface area contributed by atoms with Crippen LogP contribution in [0, 0.1) is 24.2 Å². The quantitative estimate of drug-likeness (QED) is 0.852. The molecule has 6 heteroatoms. The van der Waals surface area contributed by atoms with Gasteiger partial charge in [0.1, 0.15) is 0 Å². The summed E-state index contributed by atoms with van der Waals surface area (Å²) in [5.41, 5.74) is 1.00. The van der Waals surface area contributed by atoms with E-state index in [4.69, 9.17) is 5.26 Å². The molecule has 1 heterocycles. The lowest BCUT2D eigenvalue weighted by Gasteiger charge is -2.12. The lowest BCUT2D eigenvalue weighted by atomic mass is 10.1. The molecule has 0 spiro atoms. The number of hydrogen-bond acceptors (Lipinski definition) is 4. The Balaban J connectivity index is 2.16. The molecule has 2 N–H and O–H groups in total. The first-order valence-corrected chi connectivity index (χ1v) is 7.72. The maximum atomic E-state index is 12.2. The molecule has 2 rings (SSSR count). The van der Waals surface area contributed by atoms with E-state index in [1.54, 1.807) is 19.1 Å². The minimum Gasteiger partial charge on any atom is -0.316 e. The van der Waals surface area contributed by atoms with Gasteiger partial charge in [-0.25, -0.2) is 13.1 Å². The smallest absolute Gasteiger partial charge is 0.240 e. The maximum Gasteiger partial charge on any atom is 0.240 e. The average molecular weight is 279 g/mol. The summed E-state index contributed by atoms with van der Waals surface area (Å²) in [6.45, 7) is 3.95. The fourth-order valence-corrected chi connectivity index (χ4v) is 3.54. The van der Waals surface area contributed by atoms with Gasteiger partial charge in [-0.1, -0.05) is 6.07 Å². The molecular formula is C13H17N3O2S. The van der Waals surface area contributed by atoms with Crippen molar-refractivity contribution in [2.75, 3.05) is 19.6 Å². The Labute approximate surface area is 113 Å². The molecule has 0 saturated carbocycles. The summed E-state index contributed by atoms with van der Waals surface area (Å²) in [7, 11) is -3.54. The van der Waals surface area contributed by atoms with Gasteiger partial charge in [0.25, 0.3) is 0 Å². The minimum atomic E-state index is -3.54. The first-order chi connectivity index (χ1) is 9.03. The molecule has 0 aliphatic carbocycles. The van der Waals surface area contributed by atoms with Crippen LogP contribution >= 0.6 is 0 Å². The normalized spacial score (nSPS) is 19.3. The number of benzene rings is 1. The van der Waals surface area contributed by atoms with Crippen LogP contribution in [-0.4, -0.2) is 28.1 Å². The van der Waals surface area contributed by atoms with Gasteiger partial charge in [0.15, 0.2) is 0 Å². The molecule has 1 aliphatic rings. The molecule has 1 aromatic carbocycles. The minimum absolute atomic E-state index is 0.192. The molecular weight excluding hydrogens is 262 g/mol. The van der Waals surface area contributed by atoms with Crippen molar-refractivity contribution in [3.05, 3.63) is 29.3 Å². The van der Waals surface area contributed by atoms with E-state index in [-0.39, 0.29) is 4.90 Å². The van der Waals surface area contributed by atoms with Crippen LogP contribution in [0.2, 0.25) is 0 Å². The fraction of sp³-hybridized carbons (Fsp3) is 0.462. The van der Waals surface area contributed by atoms with Crippen LogP contribution in [0.25, 0.3) is 0 Å². The molecule has 1 aliphatic heterocycles. The Morgan fingerprint density at radius 1 is 1.53 bits per heavy atom. The van der Waals surface area contributed by atoms with E-state index in [1.807, 2.05) is 6.07 Å². The molecule has 1 saturated heterocycles. The van der Waals surface area contributed by atoms with Crippen LogP contribution < -0.4 is 10.0 Å². The molecule has 0 bridgehead atoms. The van der Waals surface area contributed by atoms with Crippen LogP contribution in [-0.2, 0) is 10.0 Å². The number of nitrogens with zero attached hydrogens (tertiary/aromatic N) is 1. The zero-order valence-electron chi connectivity index (χ0n) is 10.8. The van der Waals surface area contributed by atoms with E-state index < -0.39 is 10.0 Å². The molecule has 0 amide bonds. The highest BCUT2D eigenvalue weighted by Crippen LogP contribution is 2.17. The van der Waals surface area contributed by atoms with Crippen LogP contribution in [0.3, 0.4) is 0 Å². The van der Waals surface area contributed by atoms with Gasteiger partial charge in [0.05, 0.1) is 16.5 Å². The van der Waals surface area contributed by atoms with Crippen LogP contribution in [0.4, 0.5) is 0 Å². The van der Waals surface area contributed by atoms with Crippen molar-refractivity contribution >= 4 is 10.0 Å². The van der Waals surface area contributed by atoms with Crippen molar-refractivity contribution in [1.29, 1.82) is 5.26 Å². The lowest BCUT2D eigenvalue weighted by molar-refractivity contribution is 0.538. The monoisotopic (exact) mass is 279 g/mol. The lowest BCUT2D eigenvalue weighted by Crippen LogP contribution is -2.30. The number of sulfonamides is 1. The first kappa shape index (κ1) is 14.0. The molecule has 0 radical (unpaired) electrons. The second kappa shape index (κ2) is 5.70. The van der Waals surface area contributed by atoms with Crippen molar-refractivity contribution in [3.63, 3.8) is 0 Å². The van der Waals surface area contributed by atoms with Crippen LogP contribution in [0.15, 0.2) is 23.1 Å². The molecule has 19 heavy (non-hydrogen) atoms. The Hall–Kier alpha value is -1.42. The van der Waals surface area contributed by atoms with Gasteiger partial charge in [0.2, 0.25) is 10.0 Å². The highest BCUT2D eigenvalue weighted by atomic mass is 32.2. The molecule has 102 valence electrons. The fourth-order valence-electron chi connectivity index (χ4n) is 2.15. The Kier molecular flexibility index (Phi) is 4.20. The Morgan fingerprint density at radius 3 is 2.95 bits per heavy atom. The largest absolute Gasteiger partial charge is 0.316 e. The zero-order chi connectivity index (χ0) is 13.9. The van der Waals surface area contributed by atoms with E-state index in [1.165, 1.54) is 6.07 Å². The summed E-state index contributed by atoms with van der Waals surface area (Å²) in [6.07, 6.45) is 0.986. The maximum absolute atomic E-state index is 12.2. The highest BCUT2D eigenvalue weighted by molar-refractivity contribution is 7.89. The second-order valence-corrected chi connectivity index (χ2v) is 6.54. The van der Waals surface area contributed by atoms with Crippen molar-refractivity contribution in [2.45, 2.75) is 18.2 Å². The van der Waals surface area contributed by atoms with Crippen molar-refractivity contribution < 1.29 is 8.42 Å². The van der Waals surface area contributed by atoms with E-state index >= 15 is 0 Å². The topological polar surface area (TPSA) is 82.0 Å². The zero-order valence-corrected chi connectivity index (χ0v) is 11.6. The summed E-state index contributed by atoms with van der Waals surface area (Å²) in [4.78, 5) is 0.192. The highest BCUT2D eigenvalue weighted by Gasteiger charge is 2.21. The van der Waals surface area contributed by atoms with E-state index in [0.29, 0.717) is 23.6 Å². The van der Waals surface area contributed by atoms with Gasteiger partial charge >= 0.3 is 0 Å². The summed E-state index contributed by atoms with van der Waals surface area (Å²) in [5, 5.41) is 12.0. The predicted molar refractivity (Wildman–Crippen MR) is 72.1 cm³/mol. The number of aryl methyl sites for hydroxylation is 1. The second-order valence-electron chi connectivity index (χ2n) is 4.80. The SMILES string of the molecule is Cc1ccc(C#N)cc1S(=O)(=O)NCC1CCNC1. The average Bonchev–Trinajstić information content (AvgIpc) is 2.90. The first-order valence-electron chi connectivity index (χ1n) is 6.24. The molecule has 1 fully saturated rings. The number of hydrogen-bond donors (Lipinski definition) is 2. The summed E-state index contributed by atoms with van der Waals surface area (Å²) < 4.78 is 27.1. The van der Waals surface area contributed by atoms with Gasteiger partial charge in [-0.05, 0) is 50.0 Å². The summed E-state index contributed by atoms with van der Waals surface area (Å²) >= 11 is 0. The van der Waals surface area contributed by atoms with Crippen LogP contribution in [0.1, 0.15) is 17.5 Å². The molecule has 1 atom stereocenters. The van der Waals surface area contributed by atoms with E-state index in [0.717, 1.165) is 19.5 Å². The molecule has 5 nitrogen and oxygen atoms in total. The van der Waals surface area contributed by atoms with Gasteiger partial charge in [-0.3, -0.25) is 0 Å². The van der Waals surface area contributed by atoms with Gasteiger partial charge in [-0.2, -0.15) is 5.26 Å². The third-order valence-corrected chi connectivity index (χ3v) is 4.90. The molecule has 0 aromatic heterocycles. The third kappa shape index (κ3) is 3.32. The molecule has 1 aromatic rings. The standard InChI is InChI=1S/C13H17N3O2S/c1-10-2-3-11(7-14)6-13(10)19(17,18)16-9-12-4-5-15-8-12/h2-3,6,12,15-16H,4-5,8-9H2,1H3. The summed E-state index contributed by atoms with van der Waals surface area (Å²) in [5.74, 6) is 0.342. The van der Waals surface area contributed by atoms with Gasteiger partial charge in [-0.15, -0.1) is 0 Å². The predicted octanol–water partition coefficient (Wildman–Crippen LogP) is 0.754. The van der Waals surface area contributed by atoms with Crippen molar-refractivity contribution in [3.8, 4) is 6.07 Å². The van der Waals surface area contributed by atoms with E-state index in [9.17, 15) is 8.42 Å². The van der Waals surface area contributed by atoms with Gasteiger partial charge < -0.3 is 5.32 Å². The van der Waals surface area contributed by atoms with Crippen molar-refractivity contribution in [2.24, 2.45) is 5.92 Å². The number of nitriles is 1. The van der Waals surface area contributed by atoms with Crippen molar-refractivity contribution in [1.82, 2.24) is 10.0 Å². The molecule has 1 unspecified atom stereocenters. The third-order valence-electron chi connectivity index (χ3n) is 3.33. The van der Waals surface area contributed by atoms with E-state index in [2.05, 4.69) is 10.0 Å².